The average Bonchev–Trinajstić information content (AvgIpc) is 3.44. The summed E-state index contributed by atoms with van der Waals surface area (Å²) in [5.74, 6) is 0.463. The summed E-state index contributed by atoms with van der Waals surface area (Å²) in [5.41, 5.74) is 1.91. The third-order valence-electron chi connectivity index (χ3n) is 4.74. The van der Waals surface area contributed by atoms with E-state index in [9.17, 15) is 9.59 Å². The highest BCUT2D eigenvalue weighted by Gasteiger charge is 2.18. The fourth-order valence-corrected chi connectivity index (χ4v) is 4.02. The Morgan fingerprint density at radius 1 is 1.14 bits per heavy atom. The highest BCUT2D eigenvalue weighted by atomic mass is 32.1. The van der Waals surface area contributed by atoms with E-state index in [2.05, 4.69) is 10.3 Å². The Morgan fingerprint density at radius 3 is 2.79 bits per heavy atom. The molecule has 2 aromatic heterocycles. The number of furan rings is 1. The van der Waals surface area contributed by atoms with Gasteiger partial charge in [-0.3, -0.25) is 9.59 Å². The van der Waals surface area contributed by atoms with E-state index in [1.54, 1.807) is 17.7 Å². The summed E-state index contributed by atoms with van der Waals surface area (Å²) >= 11 is 1.36. The van der Waals surface area contributed by atoms with Crippen LogP contribution < -0.4 is 5.32 Å². The van der Waals surface area contributed by atoms with Crippen molar-refractivity contribution < 1.29 is 14.0 Å². The van der Waals surface area contributed by atoms with Crippen LogP contribution in [0, 0.1) is 0 Å². The second-order valence-electron chi connectivity index (χ2n) is 6.75. The number of carbonyl (C=O) groups is 2. The number of hydrogen-bond acceptors (Lipinski definition) is 5. The van der Waals surface area contributed by atoms with E-state index in [0.29, 0.717) is 28.6 Å². The van der Waals surface area contributed by atoms with E-state index < -0.39 is 0 Å². The zero-order chi connectivity index (χ0) is 19.3. The van der Waals surface area contributed by atoms with Gasteiger partial charge in [0.15, 0.2) is 10.8 Å². The van der Waals surface area contributed by atoms with Crippen LogP contribution in [0.1, 0.15) is 45.7 Å². The van der Waals surface area contributed by atoms with Gasteiger partial charge in [0.05, 0.1) is 6.26 Å². The van der Waals surface area contributed by atoms with Gasteiger partial charge in [0.2, 0.25) is 0 Å². The predicted molar refractivity (Wildman–Crippen MR) is 107 cm³/mol. The predicted octanol–water partition coefficient (Wildman–Crippen LogP) is 3.96. The molecule has 4 rings (SSSR count). The molecule has 0 unspecified atom stereocenters. The number of piperidine rings is 1. The summed E-state index contributed by atoms with van der Waals surface area (Å²) in [7, 11) is 0. The fraction of sp³-hybridized carbons (Fsp3) is 0.286. The molecule has 1 fully saturated rings. The molecule has 1 aliphatic heterocycles. The number of rotatable bonds is 5. The zero-order valence-corrected chi connectivity index (χ0v) is 16.2. The Bertz CT molecular complexity index is 959. The number of likely N-dealkylation sites (tertiary alicyclic amines) is 1. The molecule has 2 amide bonds. The lowest BCUT2D eigenvalue weighted by Crippen LogP contribution is -2.35. The first-order valence-corrected chi connectivity index (χ1v) is 10.2. The maximum atomic E-state index is 12.6. The number of carbonyl (C=O) groups excluding carboxylic acids is 2. The first kappa shape index (κ1) is 18.4. The molecule has 1 aromatic carbocycles. The second kappa shape index (κ2) is 8.39. The van der Waals surface area contributed by atoms with Gasteiger partial charge in [-0.2, -0.15) is 0 Å². The van der Waals surface area contributed by atoms with Crippen molar-refractivity contribution in [1.82, 2.24) is 15.2 Å². The van der Waals surface area contributed by atoms with Crippen molar-refractivity contribution >= 4 is 23.2 Å². The molecule has 0 radical (unpaired) electrons. The molecule has 0 atom stereocenters. The normalized spacial score (nSPS) is 14.1. The van der Waals surface area contributed by atoms with E-state index in [0.717, 1.165) is 31.5 Å². The monoisotopic (exact) mass is 395 g/mol. The van der Waals surface area contributed by atoms with Crippen LogP contribution in [-0.2, 0) is 6.54 Å². The van der Waals surface area contributed by atoms with E-state index in [-0.39, 0.29) is 11.8 Å². The van der Waals surface area contributed by atoms with Crippen LogP contribution in [0.2, 0.25) is 0 Å². The molecular formula is C21H21N3O3S. The topological polar surface area (TPSA) is 75.4 Å². The number of thiazole rings is 1. The van der Waals surface area contributed by atoms with E-state index in [1.165, 1.54) is 17.8 Å². The number of benzene rings is 1. The lowest BCUT2D eigenvalue weighted by Gasteiger charge is -2.26. The maximum absolute atomic E-state index is 12.6. The van der Waals surface area contributed by atoms with E-state index in [4.69, 9.17) is 4.42 Å². The molecule has 0 aliphatic carbocycles. The average molecular weight is 395 g/mol. The molecule has 0 spiro atoms. The van der Waals surface area contributed by atoms with Gasteiger partial charge in [0, 0.05) is 30.6 Å². The van der Waals surface area contributed by atoms with Crippen LogP contribution in [0.3, 0.4) is 0 Å². The quantitative estimate of drug-likeness (QED) is 0.710. The van der Waals surface area contributed by atoms with Gasteiger partial charge < -0.3 is 14.6 Å². The second-order valence-corrected chi connectivity index (χ2v) is 7.61. The Morgan fingerprint density at radius 2 is 2.00 bits per heavy atom. The smallest absolute Gasteiger partial charge is 0.271 e. The third kappa shape index (κ3) is 4.14. The summed E-state index contributed by atoms with van der Waals surface area (Å²) in [6.07, 6.45) is 4.90. The van der Waals surface area contributed by atoms with Crippen molar-refractivity contribution in [3.8, 4) is 10.8 Å². The summed E-state index contributed by atoms with van der Waals surface area (Å²) in [5, 5.41) is 5.25. The summed E-state index contributed by atoms with van der Waals surface area (Å²) in [6, 6.07) is 11.0. The Labute approximate surface area is 167 Å². The Kier molecular flexibility index (Phi) is 5.53. The van der Waals surface area contributed by atoms with Crippen molar-refractivity contribution in [2.75, 3.05) is 13.1 Å². The Hall–Kier alpha value is -2.93. The minimum absolute atomic E-state index is 0.0652. The molecule has 1 aliphatic rings. The van der Waals surface area contributed by atoms with Gasteiger partial charge in [-0.05, 0) is 49.1 Å². The van der Waals surface area contributed by atoms with Gasteiger partial charge in [0.25, 0.3) is 11.8 Å². The molecule has 1 saturated heterocycles. The summed E-state index contributed by atoms with van der Waals surface area (Å²) < 4.78 is 5.31. The number of aromatic nitrogens is 1. The largest absolute Gasteiger partial charge is 0.462 e. The molecular weight excluding hydrogens is 374 g/mol. The van der Waals surface area contributed by atoms with Gasteiger partial charge >= 0.3 is 0 Å². The summed E-state index contributed by atoms with van der Waals surface area (Å²) in [6.45, 7) is 1.98. The number of amides is 2. The van der Waals surface area contributed by atoms with Crippen molar-refractivity contribution in [3.05, 3.63) is 64.9 Å². The fourth-order valence-electron chi connectivity index (χ4n) is 3.26. The highest BCUT2D eigenvalue weighted by Crippen LogP contribution is 2.24. The first-order valence-electron chi connectivity index (χ1n) is 9.36. The molecule has 7 heteroatoms. The minimum atomic E-state index is -0.248. The highest BCUT2D eigenvalue weighted by molar-refractivity contribution is 7.13. The van der Waals surface area contributed by atoms with Crippen molar-refractivity contribution in [2.45, 2.75) is 25.8 Å². The minimum Gasteiger partial charge on any atom is -0.462 e. The standard InChI is InChI=1S/C21H21N3O3S/c25-19(17-14-28-20(23-17)18-8-5-11-27-18)22-13-15-6-4-7-16(12-15)21(26)24-9-2-1-3-10-24/h4-8,11-12,14H,1-3,9-10,13H2,(H,22,25). The molecule has 1 N–H and O–H groups in total. The van der Waals surface area contributed by atoms with Crippen LogP contribution in [0.25, 0.3) is 10.8 Å². The number of nitrogens with zero attached hydrogens (tertiary/aromatic N) is 2. The van der Waals surface area contributed by atoms with Crippen LogP contribution in [0.15, 0.2) is 52.5 Å². The molecule has 0 saturated carbocycles. The lowest BCUT2D eigenvalue weighted by atomic mass is 10.1. The maximum Gasteiger partial charge on any atom is 0.271 e. The zero-order valence-electron chi connectivity index (χ0n) is 15.4. The van der Waals surface area contributed by atoms with Crippen LogP contribution >= 0.6 is 11.3 Å². The van der Waals surface area contributed by atoms with Crippen LogP contribution in [-0.4, -0.2) is 34.8 Å². The van der Waals surface area contributed by atoms with Crippen molar-refractivity contribution in [1.29, 1.82) is 0 Å². The molecule has 28 heavy (non-hydrogen) atoms. The first-order chi connectivity index (χ1) is 13.7. The third-order valence-corrected chi connectivity index (χ3v) is 5.60. The molecule has 3 heterocycles. The van der Waals surface area contributed by atoms with Crippen LogP contribution in [0.4, 0.5) is 0 Å². The molecule has 144 valence electrons. The lowest BCUT2D eigenvalue weighted by molar-refractivity contribution is 0.0724. The number of hydrogen-bond donors (Lipinski definition) is 1. The van der Waals surface area contributed by atoms with Gasteiger partial charge in [0.1, 0.15) is 5.69 Å². The van der Waals surface area contributed by atoms with Crippen LogP contribution in [0.5, 0.6) is 0 Å². The number of nitrogens with one attached hydrogen (secondary N) is 1. The Balaban J connectivity index is 1.38. The summed E-state index contributed by atoms with van der Waals surface area (Å²) in [4.78, 5) is 31.3. The molecule has 6 nitrogen and oxygen atoms in total. The van der Waals surface area contributed by atoms with Crippen molar-refractivity contribution in [3.63, 3.8) is 0 Å². The van der Waals surface area contributed by atoms with E-state index >= 15 is 0 Å². The van der Waals surface area contributed by atoms with Crippen molar-refractivity contribution in [2.24, 2.45) is 0 Å². The van der Waals surface area contributed by atoms with Gasteiger partial charge in [-0.25, -0.2) is 4.98 Å². The SMILES string of the molecule is O=C(NCc1cccc(C(=O)N2CCCCC2)c1)c1csc(-c2ccco2)n1. The van der Waals surface area contributed by atoms with Gasteiger partial charge in [-0.1, -0.05) is 12.1 Å². The van der Waals surface area contributed by atoms with E-state index in [1.807, 2.05) is 35.2 Å². The van der Waals surface area contributed by atoms with Gasteiger partial charge in [-0.15, -0.1) is 11.3 Å². The molecule has 3 aromatic rings. The molecule has 0 bridgehead atoms.